The summed E-state index contributed by atoms with van der Waals surface area (Å²) in [7, 11) is 0. The molecule has 0 aromatic carbocycles. The Morgan fingerprint density at radius 2 is 2.24 bits per heavy atom. The van der Waals surface area contributed by atoms with Gasteiger partial charge in [-0.15, -0.1) is 6.42 Å². The highest BCUT2D eigenvalue weighted by molar-refractivity contribution is 5.93. The molecule has 3 heterocycles. The van der Waals surface area contributed by atoms with E-state index in [4.69, 9.17) is 15.9 Å². The minimum atomic E-state index is -0.257. The van der Waals surface area contributed by atoms with E-state index in [1.165, 1.54) is 0 Å². The van der Waals surface area contributed by atoms with Gasteiger partial charge in [0, 0.05) is 19.8 Å². The first-order chi connectivity index (χ1) is 10.3. The number of nitrogens with zero attached hydrogens (tertiary/aromatic N) is 2. The van der Waals surface area contributed by atoms with Crippen LogP contribution in [0.1, 0.15) is 29.2 Å². The molecule has 1 saturated heterocycles. The first kappa shape index (κ1) is 14.1. The van der Waals surface area contributed by atoms with Crippen LogP contribution in [0.3, 0.4) is 0 Å². The third kappa shape index (κ3) is 2.94. The highest BCUT2D eigenvalue weighted by Crippen LogP contribution is 2.19. The Balaban J connectivity index is 1.70. The summed E-state index contributed by atoms with van der Waals surface area (Å²) in [6.45, 7) is 3.11. The van der Waals surface area contributed by atoms with Crippen LogP contribution in [0.25, 0.3) is 0 Å². The second-order valence-corrected chi connectivity index (χ2v) is 5.33. The Morgan fingerprint density at radius 1 is 1.43 bits per heavy atom. The third-order valence-corrected chi connectivity index (χ3v) is 4.06. The van der Waals surface area contributed by atoms with E-state index in [0.29, 0.717) is 38.7 Å². The molecule has 6 heteroatoms. The summed E-state index contributed by atoms with van der Waals surface area (Å²) in [4.78, 5) is 16.7. The zero-order valence-corrected chi connectivity index (χ0v) is 11.9. The Labute approximate surface area is 123 Å². The van der Waals surface area contributed by atoms with E-state index in [-0.39, 0.29) is 17.9 Å². The fourth-order valence-electron chi connectivity index (χ4n) is 2.84. The smallest absolute Gasteiger partial charge is 0.270 e. The van der Waals surface area contributed by atoms with Gasteiger partial charge in [-0.3, -0.25) is 4.79 Å². The molecule has 21 heavy (non-hydrogen) atoms. The number of imidazole rings is 1. The standard InChI is InChI=1S/C15H19N3O3/c1-2-12(11-3-6-20-7-4-11)17-15(19)13-9-16-14-10-21-8-5-18(13)14/h1,9,11-12H,3-8,10H2,(H,17,19)/t12-/m1/s1. The molecular formula is C15H19N3O3. The van der Waals surface area contributed by atoms with Gasteiger partial charge in [0.2, 0.25) is 0 Å². The average molecular weight is 289 g/mol. The third-order valence-electron chi connectivity index (χ3n) is 4.06. The molecule has 0 spiro atoms. The molecule has 1 fully saturated rings. The van der Waals surface area contributed by atoms with Crippen LogP contribution < -0.4 is 5.32 Å². The quantitative estimate of drug-likeness (QED) is 0.826. The van der Waals surface area contributed by atoms with E-state index in [1.54, 1.807) is 6.20 Å². The average Bonchev–Trinajstić information content (AvgIpc) is 2.97. The molecule has 1 aromatic rings. The van der Waals surface area contributed by atoms with E-state index in [9.17, 15) is 4.79 Å². The molecule has 1 aromatic heterocycles. The minimum Gasteiger partial charge on any atom is -0.381 e. The lowest BCUT2D eigenvalue weighted by molar-refractivity contribution is 0.0574. The predicted molar refractivity (Wildman–Crippen MR) is 75.5 cm³/mol. The van der Waals surface area contributed by atoms with Gasteiger partial charge in [-0.25, -0.2) is 4.98 Å². The molecule has 1 N–H and O–H groups in total. The van der Waals surface area contributed by atoms with Gasteiger partial charge in [0.05, 0.1) is 18.8 Å². The molecule has 2 aliphatic heterocycles. The van der Waals surface area contributed by atoms with Crippen molar-refractivity contribution < 1.29 is 14.3 Å². The van der Waals surface area contributed by atoms with Crippen LogP contribution in [0.15, 0.2) is 6.20 Å². The molecule has 0 aliphatic carbocycles. The number of hydrogen-bond donors (Lipinski definition) is 1. The highest BCUT2D eigenvalue weighted by atomic mass is 16.5. The van der Waals surface area contributed by atoms with Gasteiger partial charge >= 0.3 is 0 Å². The lowest BCUT2D eigenvalue weighted by Gasteiger charge is -2.27. The van der Waals surface area contributed by atoms with Crippen molar-refractivity contribution in [3.63, 3.8) is 0 Å². The van der Waals surface area contributed by atoms with Crippen molar-refractivity contribution in [3.05, 3.63) is 17.7 Å². The molecule has 6 nitrogen and oxygen atoms in total. The van der Waals surface area contributed by atoms with Crippen LogP contribution in [-0.2, 0) is 22.6 Å². The summed E-state index contributed by atoms with van der Waals surface area (Å²) in [6.07, 6.45) is 8.95. The van der Waals surface area contributed by atoms with E-state index in [2.05, 4.69) is 16.2 Å². The Bertz CT molecular complexity index is 555. The molecule has 1 atom stereocenters. The summed E-state index contributed by atoms with van der Waals surface area (Å²) in [5.74, 6) is 3.61. The maximum absolute atomic E-state index is 12.5. The Morgan fingerprint density at radius 3 is 3.00 bits per heavy atom. The van der Waals surface area contributed by atoms with E-state index < -0.39 is 0 Å². The van der Waals surface area contributed by atoms with E-state index >= 15 is 0 Å². The Kier molecular flexibility index (Phi) is 4.23. The Hall–Kier alpha value is -1.84. The number of nitrogens with one attached hydrogen (secondary N) is 1. The van der Waals surface area contributed by atoms with E-state index in [0.717, 1.165) is 18.7 Å². The first-order valence-corrected chi connectivity index (χ1v) is 7.26. The molecular weight excluding hydrogens is 270 g/mol. The number of terminal acetylenes is 1. The van der Waals surface area contributed by atoms with Gasteiger partial charge in [-0.2, -0.15) is 0 Å². The number of carbonyl (C=O) groups excluding carboxylic acids is 1. The van der Waals surface area contributed by atoms with Gasteiger partial charge < -0.3 is 19.4 Å². The van der Waals surface area contributed by atoms with E-state index in [1.807, 2.05) is 4.57 Å². The summed E-state index contributed by atoms with van der Waals surface area (Å²) in [5.41, 5.74) is 0.556. The fraction of sp³-hybridized carbons (Fsp3) is 0.600. The largest absolute Gasteiger partial charge is 0.381 e. The van der Waals surface area contributed by atoms with Crippen molar-refractivity contribution in [1.29, 1.82) is 0 Å². The predicted octanol–water partition coefficient (Wildman–Crippen LogP) is 0.571. The summed E-state index contributed by atoms with van der Waals surface area (Å²) in [5, 5.41) is 2.96. The monoisotopic (exact) mass is 289 g/mol. The molecule has 0 saturated carbocycles. The number of fused-ring (bicyclic) bond motifs is 1. The van der Waals surface area contributed by atoms with Crippen molar-refractivity contribution in [2.75, 3.05) is 19.8 Å². The van der Waals surface area contributed by atoms with Crippen LogP contribution in [0.5, 0.6) is 0 Å². The number of hydrogen-bond acceptors (Lipinski definition) is 4. The first-order valence-electron chi connectivity index (χ1n) is 7.26. The second kappa shape index (κ2) is 6.29. The highest BCUT2D eigenvalue weighted by Gasteiger charge is 2.26. The molecule has 112 valence electrons. The molecule has 2 aliphatic rings. The summed E-state index contributed by atoms with van der Waals surface area (Å²) in [6, 6.07) is -0.257. The van der Waals surface area contributed by atoms with Crippen LogP contribution in [0.2, 0.25) is 0 Å². The van der Waals surface area contributed by atoms with Crippen molar-refractivity contribution in [3.8, 4) is 12.3 Å². The molecule has 0 unspecified atom stereocenters. The zero-order valence-electron chi connectivity index (χ0n) is 11.9. The van der Waals surface area contributed by atoms with Gasteiger partial charge in [0.15, 0.2) is 0 Å². The maximum Gasteiger partial charge on any atom is 0.270 e. The van der Waals surface area contributed by atoms with Gasteiger partial charge in [-0.05, 0) is 18.8 Å². The molecule has 0 radical (unpaired) electrons. The van der Waals surface area contributed by atoms with Crippen LogP contribution >= 0.6 is 0 Å². The minimum absolute atomic E-state index is 0.162. The number of aromatic nitrogens is 2. The maximum atomic E-state index is 12.5. The van der Waals surface area contributed by atoms with Crippen molar-refractivity contribution in [1.82, 2.24) is 14.9 Å². The SMILES string of the molecule is C#C[C@@H](NC(=O)c1cnc2n1CCOC2)C1CCOCC1. The summed E-state index contributed by atoms with van der Waals surface area (Å²) >= 11 is 0. The van der Waals surface area contributed by atoms with Crippen LogP contribution in [0.4, 0.5) is 0 Å². The lowest BCUT2D eigenvalue weighted by Crippen LogP contribution is -2.42. The fourth-order valence-corrected chi connectivity index (χ4v) is 2.84. The number of carbonyl (C=O) groups is 1. The zero-order chi connectivity index (χ0) is 14.7. The van der Waals surface area contributed by atoms with Gasteiger partial charge in [0.1, 0.15) is 18.1 Å². The molecule has 3 rings (SSSR count). The van der Waals surface area contributed by atoms with Gasteiger partial charge in [0.25, 0.3) is 5.91 Å². The summed E-state index contributed by atoms with van der Waals surface area (Å²) < 4.78 is 12.6. The van der Waals surface area contributed by atoms with Gasteiger partial charge in [-0.1, -0.05) is 5.92 Å². The number of ether oxygens (including phenoxy) is 2. The molecule has 0 bridgehead atoms. The van der Waals surface area contributed by atoms with Crippen molar-refractivity contribution in [2.45, 2.75) is 32.0 Å². The van der Waals surface area contributed by atoms with Crippen molar-refractivity contribution in [2.24, 2.45) is 5.92 Å². The normalized spacial score (nSPS) is 20.3. The van der Waals surface area contributed by atoms with Crippen LogP contribution in [-0.4, -0.2) is 41.3 Å². The molecule has 1 amide bonds. The van der Waals surface area contributed by atoms with Crippen molar-refractivity contribution >= 4 is 5.91 Å². The number of amides is 1. The topological polar surface area (TPSA) is 65.4 Å². The lowest BCUT2D eigenvalue weighted by atomic mass is 9.92. The second-order valence-electron chi connectivity index (χ2n) is 5.33. The van der Waals surface area contributed by atoms with Crippen LogP contribution in [0, 0.1) is 18.3 Å². The number of rotatable bonds is 3.